The normalized spacial score (nSPS) is 10.9. The predicted octanol–water partition coefficient (Wildman–Crippen LogP) is 4.89. The van der Waals surface area contributed by atoms with Crippen LogP contribution in [0.5, 0.6) is 11.5 Å². The first-order chi connectivity index (χ1) is 10.9. The van der Waals surface area contributed by atoms with E-state index in [1.165, 1.54) is 11.1 Å². The molecule has 0 aliphatic heterocycles. The maximum absolute atomic E-state index is 5.91. The summed E-state index contributed by atoms with van der Waals surface area (Å²) in [7, 11) is 1.68. The van der Waals surface area contributed by atoms with Crippen molar-refractivity contribution in [1.29, 1.82) is 0 Å². The van der Waals surface area contributed by atoms with Gasteiger partial charge in [0.2, 0.25) is 0 Å². The van der Waals surface area contributed by atoms with E-state index < -0.39 is 0 Å². The molecule has 0 unspecified atom stereocenters. The van der Waals surface area contributed by atoms with E-state index >= 15 is 0 Å². The van der Waals surface area contributed by atoms with Crippen LogP contribution in [0.4, 0.5) is 0 Å². The Bertz CT molecular complexity index is 633. The molecular weight excluding hydrogens is 322 g/mol. The van der Waals surface area contributed by atoms with Crippen molar-refractivity contribution in [3.8, 4) is 11.5 Å². The number of hydrogen-bond donors (Lipinski definition) is 1. The number of benzene rings is 2. The second kappa shape index (κ2) is 8.95. The number of halogens is 1. The highest BCUT2D eigenvalue weighted by molar-refractivity contribution is 5.85. The summed E-state index contributed by atoms with van der Waals surface area (Å²) < 4.78 is 11.4. The molecule has 0 spiro atoms. The molecule has 2 aromatic rings. The molecule has 0 fully saturated rings. The van der Waals surface area contributed by atoms with E-state index in [-0.39, 0.29) is 17.9 Å². The molecule has 132 valence electrons. The lowest BCUT2D eigenvalue weighted by Crippen LogP contribution is -2.35. The first-order valence-electron chi connectivity index (χ1n) is 7.98. The average Bonchev–Trinajstić information content (AvgIpc) is 2.52. The fourth-order valence-corrected chi connectivity index (χ4v) is 2.15. The van der Waals surface area contributed by atoms with E-state index in [4.69, 9.17) is 9.47 Å². The Hall–Kier alpha value is -1.71. The molecule has 2 aromatic carbocycles. The lowest BCUT2D eigenvalue weighted by molar-refractivity contribution is 0.284. The van der Waals surface area contributed by atoms with Crippen molar-refractivity contribution in [3.63, 3.8) is 0 Å². The molecule has 4 heteroatoms. The molecule has 2 rings (SSSR count). The van der Waals surface area contributed by atoms with Gasteiger partial charge in [0.05, 0.1) is 7.11 Å². The molecule has 3 nitrogen and oxygen atoms in total. The lowest BCUT2D eigenvalue weighted by atomic mass is 10.1. The van der Waals surface area contributed by atoms with E-state index in [1.807, 2.05) is 12.1 Å². The predicted molar refractivity (Wildman–Crippen MR) is 102 cm³/mol. The van der Waals surface area contributed by atoms with Crippen molar-refractivity contribution < 1.29 is 9.47 Å². The van der Waals surface area contributed by atoms with Crippen molar-refractivity contribution in [3.05, 3.63) is 59.2 Å². The summed E-state index contributed by atoms with van der Waals surface area (Å²) in [5.41, 5.74) is 3.67. The third kappa shape index (κ3) is 6.42. The largest absolute Gasteiger partial charge is 0.493 e. The maximum Gasteiger partial charge on any atom is 0.161 e. The zero-order chi connectivity index (χ0) is 16.9. The molecule has 0 saturated carbocycles. The van der Waals surface area contributed by atoms with E-state index in [0.717, 1.165) is 23.6 Å². The van der Waals surface area contributed by atoms with E-state index in [9.17, 15) is 0 Å². The van der Waals surface area contributed by atoms with Crippen molar-refractivity contribution in [2.75, 3.05) is 7.11 Å². The Morgan fingerprint density at radius 1 is 0.917 bits per heavy atom. The zero-order valence-corrected chi connectivity index (χ0v) is 16.0. The van der Waals surface area contributed by atoms with E-state index in [1.54, 1.807) is 7.11 Å². The van der Waals surface area contributed by atoms with Crippen molar-refractivity contribution in [2.45, 2.75) is 46.4 Å². The summed E-state index contributed by atoms with van der Waals surface area (Å²) in [5.74, 6) is 1.54. The molecule has 0 atom stereocenters. The number of aryl methyl sites for hydroxylation is 1. The second-order valence-electron chi connectivity index (χ2n) is 6.86. The Balaban J connectivity index is 0.00000288. The highest BCUT2D eigenvalue weighted by Gasteiger charge is 2.10. The highest BCUT2D eigenvalue weighted by atomic mass is 35.5. The lowest BCUT2D eigenvalue weighted by Gasteiger charge is -2.21. The SMILES string of the molecule is COc1cc(CNC(C)(C)C)ccc1OCc1ccc(C)cc1.Cl. The monoisotopic (exact) mass is 349 g/mol. The van der Waals surface area contributed by atoms with Gasteiger partial charge in [-0.25, -0.2) is 0 Å². The van der Waals surface area contributed by atoms with Gasteiger partial charge >= 0.3 is 0 Å². The van der Waals surface area contributed by atoms with Crippen LogP contribution in [0, 0.1) is 6.92 Å². The summed E-state index contributed by atoms with van der Waals surface area (Å²) >= 11 is 0. The number of rotatable bonds is 6. The van der Waals surface area contributed by atoms with E-state index in [2.05, 4.69) is 63.3 Å². The summed E-state index contributed by atoms with van der Waals surface area (Å²) in [4.78, 5) is 0. The van der Waals surface area contributed by atoms with Gasteiger partial charge in [-0.05, 0) is 51.0 Å². The van der Waals surface area contributed by atoms with Crippen LogP contribution >= 0.6 is 12.4 Å². The van der Waals surface area contributed by atoms with Crippen molar-refractivity contribution in [1.82, 2.24) is 5.32 Å². The third-order valence-electron chi connectivity index (χ3n) is 3.57. The van der Waals surface area contributed by atoms with Gasteiger partial charge in [-0.1, -0.05) is 35.9 Å². The molecule has 0 amide bonds. The molecule has 0 saturated heterocycles. The van der Waals surface area contributed by atoms with Gasteiger partial charge in [0.15, 0.2) is 11.5 Å². The smallest absolute Gasteiger partial charge is 0.161 e. The molecule has 0 aliphatic rings. The number of ether oxygens (including phenoxy) is 2. The van der Waals surface area contributed by atoms with Gasteiger partial charge in [0.1, 0.15) is 6.61 Å². The first kappa shape index (κ1) is 20.3. The minimum atomic E-state index is 0. The van der Waals surface area contributed by atoms with Gasteiger partial charge in [-0.3, -0.25) is 0 Å². The fourth-order valence-electron chi connectivity index (χ4n) is 2.15. The van der Waals surface area contributed by atoms with Gasteiger partial charge < -0.3 is 14.8 Å². The quantitative estimate of drug-likeness (QED) is 0.805. The number of methoxy groups -OCH3 is 1. The van der Waals surface area contributed by atoms with Crippen LogP contribution in [-0.2, 0) is 13.2 Å². The Morgan fingerprint density at radius 3 is 2.12 bits per heavy atom. The van der Waals surface area contributed by atoms with Crippen LogP contribution in [0.15, 0.2) is 42.5 Å². The second-order valence-corrected chi connectivity index (χ2v) is 6.86. The van der Waals surface area contributed by atoms with E-state index in [0.29, 0.717) is 6.61 Å². The molecule has 0 radical (unpaired) electrons. The van der Waals surface area contributed by atoms with Gasteiger partial charge in [0, 0.05) is 12.1 Å². The van der Waals surface area contributed by atoms with Crippen LogP contribution in [0.3, 0.4) is 0 Å². The topological polar surface area (TPSA) is 30.5 Å². The highest BCUT2D eigenvalue weighted by Crippen LogP contribution is 2.29. The molecule has 0 heterocycles. The van der Waals surface area contributed by atoms with Crippen LogP contribution in [0.2, 0.25) is 0 Å². The van der Waals surface area contributed by atoms with Crippen molar-refractivity contribution in [2.24, 2.45) is 0 Å². The van der Waals surface area contributed by atoms with Gasteiger partial charge in [0.25, 0.3) is 0 Å². The summed E-state index contributed by atoms with van der Waals surface area (Å²) in [6, 6.07) is 14.4. The number of nitrogens with one attached hydrogen (secondary N) is 1. The molecular formula is C20H28ClNO2. The van der Waals surface area contributed by atoms with Crippen molar-refractivity contribution >= 4 is 12.4 Å². The Morgan fingerprint density at radius 2 is 1.54 bits per heavy atom. The van der Waals surface area contributed by atoms with Crippen LogP contribution < -0.4 is 14.8 Å². The zero-order valence-electron chi connectivity index (χ0n) is 15.2. The van der Waals surface area contributed by atoms with Crippen LogP contribution in [-0.4, -0.2) is 12.6 Å². The first-order valence-corrected chi connectivity index (χ1v) is 7.98. The maximum atomic E-state index is 5.91. The van der Waals surface area contributed by atoms with Crippen LogP contribution in [0.1, 0.15) is 37.5 Å². The molecule has 0 aromatic heterocycles. The molecule has 0 bridgehead atoms. The minimum Gasteiger partial charge on any atom is -0.493 e. The summed E-state index contributed by atoms with van der Waals surface area (Å²) in [6.45, 7) is 9.89. The Kier molecular flexibility index (Phi) is 7.59. The Labute approximate surface area is 151 Å². The minimum absolute atomic E-state index is 0. The molecule has 24 heavy (non-hydrogen) atoms. The standard InChI is InChI=1S/C20H27NO2.ClH/c1-15-6-8-16(9-7-15)14-23-18-11-10-17(12-19(18)22-5)13-21-20(2,3)4;/h6-12,21H,13-14H2,1-5H3;1H. The summed E-state index contributed by atoms with van der Waals surface area (Å²) in [5, 5.41) is 3.48. The third-order valence-corrected chi connectivity index (χ3v) is 3.57. The fraction of sp³-hybridized carbons (Fsp3) is 0.400. The molecule has 0 aliphatic carbocycles. The summed E-state index contributed by atoms with van der Waals surface area (Å²) in [6.07, 6.45) is 0. The number of hydrogen-bond acceptors (Lipinski definition) is 3. The van der Waals surface area contributed by atoms with Gasteiger partial charge in [-0.2, -0.15) is 0 Å². The van der Waals surface area contributed by atoms with Gasteiger partial charge in [-0.15, -0.1) is 12.4 Å². The average molecular weight is 350 g/mol. The molecule has 1 N–H and O–H groups in total. The van der Waals surface area contributed by atoms with Crippen LogP contribution in [0.25, 0.3) is 0 Å².